The first kappa shape index (κ1) is 15.1. The molecule has 0 unspecified atom stereocenters. The molecule has 118 valence electrons. The maximum atomic E-state index is 12.1. The summed E-state index contributed by atoms with van der Waals surface area (Å²) < 4.78 is 3.94. The van der Waals surface area contributed by atoms with Crippen LogP contribution in [0.25, 0.3) is 11.4 Å². The van der Waals surface area contributed by atoms with E-state index in [0.29, 0.717) is 18.8 Å². The van der Waals surface area contributed by atoms with Gasteiger partial charge in [-0.05, 0) is 19.1 Å². The lowest BCUT2D eigenvalue weighted by Gasteiger charge is -2.11. The number of hydrogen-bond donors (Lipinski definition) is 1. The predicted molar refractivity (Wildman–Crippen MR) is 90.1 cm³/mol. The molecule has 1 N–H and O–H groups in total. The number of hydrogen-bond acceptors (Lipinski definition) is 2. The summed E-state index contributed by atoms with van der Waals surface area (Å²) in [6, 6.07) is 13.8. The molecule has 1 aromatic carbocycles. The molecule has 0 saturated heterocycles. The molecular weight excluding hydrogens is 288 g/mol. The molecule has 5 heteroatoms. The number of carbonyl (C=O) groups is 1. The lowest BCUT2D eigenvalue weighted by Crippen LogP contribution is -2.29. The average Bonchev–Trinajstić information content (AvgIpc) is 3.15. The van der Waals surface area contributed by atoms with Crippen LogP contribution in [-0.4, -0.2) is 26.6 Å². The van der Waals surface area contributed by atoms with Crippen LogP contribution in [0.15, 0.2) is 54.9 Å². The van der Waals surface area contributed by atoms with Crippen molar-refractivity contribution in [3.8, 4) is 11.4 Å². The molecule has 0 fully saturated rings. The van der Waals surface area contributed by atoms with Crippen LogP contribution in [0.2, 0.25) is 0 Å². The van der Waals surface area contributed by atoms with E-state index in [9.17, 15) is 4.79 Å². The highest BCUT2D eigenvalue weighted by atomic mass is 16.1. The third-order valence-corrected chi connectivity index (χ3v) is 3.88. The Labute approximate surface area is 135 Å². The highest BCUT2D eigenvalue weighted by Crippen LogP contribution is 2.18. The van der Waals surface area contributed by atoms with Crippen LogP contribution < -0.4 is 5.32 Å². The summed E-state index contributed by atoms with van der Waals surface area (Å²) in [5.41, 5.74) is 2.82. The molecule has 0 saturated carbocycles. The maximum absolute atomic E-state index is 12.1. The fraction of sp³-hybridized carbons (Fsp3) is 0.222. The molecule has 3 rings (SSSR count). The molecule has 0 radical (unpaired) electrons. The molecule has 0 atom stereocenters. The number of aromatic nitrogens is 3. The second kappa shape index (κ2) is 6.52. The molecule has 0 spiro atoms. The van der Waals surface area contributed by atoms with Crippen molar-refractivity contribution in [1.29, 1.82) is 0 Å². The number of carbonyl (C=O) groups excluding carboxylic acids is 1. The van der Waals surface area contributed by atoms with Crippen LogP contribution in [0.5, 0.6) is 0 Å². The number of nitrogens with one attached hydrogen (secondary N) is 1. The molecule has 23 heavy (non-hydrogen) atoms. The van der Waals surface area contributed by atoms with Gasteiger partial charge in [-0.15, -0.1) is 0 Å². The first-order chi connectivity index (χ1) is 11.2. The Hall–Kier alpha value is -2.82. The van der Waals surface area contributed by atoms with E-state index in [4.69, 9.17) is 0 Å². The SMILES string of the molecule is Cc1cnc(-c2ccccc2)n1CCNC(=O)c1cccn1C. The number of imidazole rings is 1. The van der Waals surface area contributed by atoms with Crippen molar-refractivity contribution in [2.24, 2.45) is 7.05 Å². The smallest absolute Gasteiger partial charge is 0.267 e. The lowest BCUT2D eigenvalue weighted by atomic mass is 10.2. The van der Waals surface area contributed by atoms with Gasteiger partial charge in [-0.2, -0.15) is 0 Å². The fourth-order valence-corrected chi connectivity index (χ4v) is 2.63. The summed E-state index contributed by atoms with van der Waals surface area (Å²) >= 11 is 0. The number of benzene rings is 1. The summed E-state index contributed by atoms with van der Waals surface area (Å²) in [6.45, 7) is 3.27. The highest BCUT2D eigenvalue weighted by Gasteiger charge is 2.11. The van der Waals surface area contributed by atoms with Gasteiger partial charge in [0.1, 0.15) is 11.5 Å². The van der Waals surface area contributed by atoms with Crippen LogP contribution in [0.1, 0.15) is 16.2 Å². The molecule has 1 amide bonds. The van der Waals surface area contributed by atoms with E-state index in [1.807, 2.05) is 73.4 Å². The zero-order chi connectivity index (χ0) is 16.2. The van der Waals surface area contributed by atoms with Gasteiger partial charge in [0, 0.05) is 43.8 Å². The molecule has 0 aliphatic rings. The number of amides is 1. The second-order valence-corrected chi connectivity index (χ2v) is 5.50. The first-order valence-electron chi connectivity index (χ1n) is 7.64. The van der Waals surface area contributed by atoms with Gasteiger partial charge in [-0.25, -0.2) is 4.98 Å². The van der Waals surface area contributed by atoms with Crippen molar-refractivity contribution in [2.75, 3.05) is 6.54 Å². The monoisotopic (exact) mass is 308 g/mol. The van der Waals surface area contributed by atoms with Crippen LogP contribution >= 0.6 is 0 Å². The lowest BCUT2D eigenvalue weighted by molar-refractivity contribution is 0.0944. The summed E-state index contributed by atoms with van der Waals surface area (Å²) in [4.78, 5) is 16.6. The Bertz CT molecular complexity index is 802. The van der Waals surface area contributed by atoms with E-state index in [-0.39, 0.29) is 5.91 Å². The first-order valence-corrected chi connectivity index (χ1v) is 7.64. The molecule has 3 aromatic rings. The van der Waals surface area contributed by atoms with Gasteiger partial charge in [0.25, 0.3) is 5.91 Å². The Morgan fingerprint density at radius 1 is 1.17 bits per heavy atom. The fourth-order valence-electron chi connectivity index (χ4n) is 2.63. The largest absolute Gasteiger partial charge is 0.349 e. The summed E-state index contributed by atoms with van der Waals surface area (Å²) in [5, 5.41) is 2.96. The van der Waals surface area contributed by atoms with Gasteiger partial charge >= 0.3 is 0 Å². The number of rotatable bonds is 5. The van der Waals surface area contributed by atoms with Crippen LogP contribution in [0.3, 0.4) is 0 Å². The zero-order valence-corrected chi connectivity index (χ0v) is 13.4. The quantitative estimate of drug-likeness (QED) is 0.788. The Morgan fingerprint density at radius 3 is 2.65 bits per heavy atom. The van der Waals surface area contributed by atoms with Crippen LogP contribution in [0.4, 0.5) is 0 Å². The number of nitrogens with zero attached hydrogens (tertiary/aromatic N) is 3. The second-order valence-electron chi connectivity index (χ2n) is 5.50. The minimum absolute atomic E-state index is 0.0588. The standard InChI is InChI=1S/C18H20N4O/c1-14-13-20-17(15-7-4-3-5-8-15)22(14)12-10-19-18(23)16-9-6-11-21(16)2/h3-9,11,13H,10,12H2,1-2H3,(H,19,23). The molecule has 0 aliphatic heterocycles. The minimum atomic E-state index is -0.0588. The minimum Gasteiger partial charge on any atom is -0.349 e. The molecular formula is C18H20N4O. The van der Waals surface area contributed by atoms with Crippen molar-refractivity contribution < 1.29 is 4.79 Å². The molecule has 2 heterocycles. The van der Waals surface area contributed by atoms with E-state index in [0.717, 1.165) is 17.1 Å². The van der Waals surface area contributed by atoms with Gasteiger partial charge < -0.3 is 14.5 Å². The molecule has 0 bridgehead atoms. The van der Waals surface area contributed by atoms with Gasteiger partial charge in [0.2, 0.25) is 0 Å². The molecule has 5 nitrogen and oxygen atoms in total. The normalized spacial score (nSPS) is 10.7. The van der Waals surface area contributed by atoms with Crippen molar-refractivity contribution in [3.05, 3.63) is 66.2 Å². The molecule has 0 aliphatic carbocycles. The summed E-state index contributed by atoms with van der Waals surface area (Å²) in [7, 11) is 1.86. The van der Waals surface area contributed by atoms with Gasteiger partial charge in [0.05, 0.1) is 0 Å². The Kier molecular flexibility index (Phi) is 4.28. The topological polar surface area (TPSA) is 51.9 Å². The highest BCUT2D eigenvalue weighted by molar-refractivity contribution is 5.92. The Balaban J connectivity index is 1.68. The Morgan fingerprint density at radius 2 is 1.96 bits per heavy atom. The van der Waals surface area contributed by atoms with E-state index in [1.165, 1.54) is 0 Å². The van der Waals surface area contributed by atoms with Crippen molar-refractivity contribution in [1.82, 2.24) is 19.4 Å². The van der Waals surface area contributed by atoms with Crippen LogP contribution in [0, 0.1) is 6.92 Å². The molecule has 2 aromatic heterocycles. The predicted octanol–water partition coefficient (Wildman–Crippen LogP) is 2.63. The van der Waals surface area contributed by atoms with Crippen molar-refractivity contribution >= 4 is 5.91 Å². The summed E-state index contributed by atoms with van der Waals surface area (Å²) in [5.74, 6) is 0.868. The van der Waals surface area contributed by atoms with E-state index >= 15 is 0 Å². The maximum Gasteiger partial charge on any atom is 0.267 e. The van der Waals surface area contributed by atoms with E-state index in [2.05, 4.69) is 14.9 Å². The van der Waals surface area contributed by atoms with Gasteiger partial charge in [-0.1, -0.05) is 30.3 Å². The van der Waals surface area contributed by atoms with Gasteiger partial charge in [0.15, 0.2) is 0 Å². The van der Waals surface area contributed by atoms with Crippen molar-refractivity contribution in [3.63, 3.8) is 0 Å². The van der Waals surface area contributed by atoms with Crippen LogP contribution in [-0.2, 0) is 13.6 Å². The van der Waals surface area contributed by atoms with E-state index in [1.54, 1.807) is 0 Å². The number of aryl methyl sites for hydroxylation is 2. The van der Waals surface area contributed by atoms with Crippen molar-refractivity contribution in [2.45, 2.75) is 13.5 Å². The zero-order valence-electron chi connectivity index (χ0n) is 13.4. The van der Waals surface area contributed by atoms with Gasteiger partial charge in [-0.3, -0.25) is 4.79 Å². The average molecular weight is 308 g/mol. The third kappa shape index (κ3) is 3.18. The third-order valence-electron chi connectivity index (χ3n) is 3.88. The van der Waals surface area contributed by atoms with E-state index < -0.39 is 0 Å². The summed E-state index contributed by atoms with van der Waals surface area (Å²) in [6.07, 6.45) is 3.73.